The third-order valence-corrected chi connectivity index (χ3v) is 3.17. The second kappa shape index (κ2) is 5.44. The molecule has 0 unspecified atom stereocenters. The highest BCUT2D eigenvalue weighted by atomic mass is 16.2. The minimum absolute atomic E-state index is 0.183. The van der Waals surface area contributed by atoms with Gasteiger partial charge in [-0.15, -0.1) is 0 Å². The van der Waals surface area contributed by atoms with Gasteiger partial charge in [-0.25, -0.2) is 4.98 Å². The zero-order chi connectivity index (χ0) is 15.7. The number of fused-ring (bicyclic) bond motifs is 1. The molecule has 0 fully saturated rings. The molecule has 7 nitrogen and oxygen atoms in total. The summed E-state index contributed by atoms with van der Waals surface area (Å²) in [7, 11) is 0. The Morgan fingerprint density at radius 1 is 1.23 bits per heavy atom. The van der Waals surface area contributed by atoms with Crippen LogP contribution in [0.1, 0.15) is 13.8 Å². The monoisotopic (exact) mass is 297 g/mol. The quantitative estimate of drug-likeness (QED) is 0.769. The van der Waals surface area contributed by atoms with Crippen molar-refractivity contribution in [2.24, 2.45) is 5.92 Å². The normalized spacial score (nSPS) is 11.0. The van der Waals surface area contributed by atoms with Crippen molar-refractivity contribution in [3.05, 3.63) is 46.8 Å². The minimum Gasteiger partial charge on any atom is -0.295 e. The summed E-state index contributed by atoms with van der Waals surface area (Å²) in [6.45, 7) is 3.55. The van der Waals surface area contributed by atoms with Crippen molar-refractivity contribution in [1.82, 2.24) is 19.6 Å². The number of carbonyl (C=O) groups excluding carboxylic acids is 1. The van der Waals surface area contributed by atoms with Gasteiger partial charge in [0.25, 0.3) is 11.3 Å². The topological polar surface area (TPSA) is 92.2 Å². The van der Waals surface area contributed by atoms with E-state index in [2.05, 4.69) is 20.4 Å². The van der Waals surface area contributed by atoms with E-state index in [4.69, 9.17) is 0 Å². The van der Waals surface area contributed by atoms with E-state index >= 15 is 0 Å². The smallest absolute Gasteiger partial charge is 0.274 e. The van der Waals surface area contributed by atoms with Gasteiger partial charge in [0.1, 0.15) is 0 Å². The molecular weight excluding hydrogens is 282 g/mol. The third kappa shape index (κ3) is 2.60. The first kappa shape index (κ1) is 14.0. The van der Waals surface area contributed by atoms with Gasteiger partial charge in [0.2, 0.25) is 11.9 Å². The molecule has 0 spiro atoms. The molecular formula is C15H15N5O2. The minimum atomic E-state index is -0.290. The van der Waals surface area contributed by atoms with E-state index in [1.165, 1.54) is 10.6 Å². The number of nitrogens with one attached hydrogen (secondary N) is 2. The molecule has 3 rings (SSSR count). The van der Waals surface area contributed by atoms with Gasteiger partial charge in [-0.3, -0.25) is 20.0 Å². The van der Waals surface area contributed by atoms with Gasteiger partial charge in [0.15, 0.2) is 0 Å². The predicted octanol–water partition coefficient (Wildman–Crippen LogP) is 1.68. The Morgan fingerprint density at radius 3 is 2.64 bits per heavy atom. The van der Waals surface area contributed by atoms with Gasteiger partial charge >= 0.3 is 0 Å². The van der Waals surface area contributed by atoms with Crippen LogP contribution in [-0.2, 0) is 4.79 Å². The van der Waals surface area contributed by atoms with Crippen molar-refractivity contribution in [3.8, 4) is 11.3 Å². The summed E-state index contributed by atoms with van der Waals surface area (Å²) in [6.07, 6.45) is 0. The highest BCUT2D eigenvalue weighted by Crippen LogP contribution is 2.15. The third-order valence-electron chi connectivity index (χ3n) is 3.17. The number of aromatic nitrogens is 4. The molecule has 112 valence electrons. The fraction of sp³-hybridized carbons (Fsp3) is 0.200. The van der Waals surface area contributed by atoms with Crippen molar-refractivity contribution < 1.29 is 4.79 Å². The van der Waals surface area contributed by atoms with Gasteiger partial charge in [-0.2, -0.15) is 9.50 Å². The molecule has 0 aliphatic rings. The Hall–Kier alpha value is -2.96. The second-order valence-corrected chi connectivity index (χ2v) is 5.20. The number of rotatable bonds is 3. The molecule has 2 aromatic heterocycles. The summed E-state index contributed by atoms with van der Waals surface area (Å²) in [5, 5.41) is 5.34. The van der Waals surface area contributed by atoms with Crippen molar-refractivity contribution in [3.63, 3.8) is 0 Å². The highest BCUT2D eigenvalue weighted by Gasteiger charge is 2.12. The number of hydrogen-bond donors (Lipinski definition) is 2. The van der Waals surface area contributed by atoms with Gasteiger partial charge in [0.05, 0.1) is 5.69 Å². The Kier molecular flexibility index (Phi) is 3.46. The van der Waals surface area contributed by atoms with E-state index in [0.29, 0.717) is 5.69 Å². The summed E-state index contributed by atoms with van der Waals surface area (Å²) in [5.41, 5.74) is 1.08. The molecule has 22 heavy (non-hydrogen) atoms. The van der Waals surface area contributed by atoms with E-state index < -0.39 is 0 Å². The zero-order valence-electron chi connectivity index (χ0n) is 12.2. The first-order valence-electron chi connectivity index (χ1n) is 6.90. The maximum absolute atomic E-state index is 12.1. The molecule has 0 aliphatic carbocycles. The number of H-pyrrole nitrogens is 1. The molecule has 0 saturated heterocycles. The zero-order valence-corrected chi connectivity index (χ0v) is 12.2. The van der Waals surface area contributed by atoms with Crippen LogP contribution in [0.25, 0.3) is 17.0 Å². The van der Waals surface area contributed by atoms with E-state index in [0.717, 1.165) is 5.56 Å². The van der Waals surface area contributed by atoms with Crippen molar-refractivity contribution in [2.45, 2.75) is 13.8 Å². The number of aromatic amines is 1. The predicted molar refractivity (Wildman–Crippen MR) is 82.5 cm³/mol. The molecule has 0 saturated carbocycles. The average molecular weight is 297 g/mol. The lowest BCUT2D eigenvalue weighted by molar-refractivity contribution is -0.118. The molecule has 0 bridgehead atoms. The number of carbonyl (C=O) groups is 1. The fourth-order valence-corrected chi connectivity index (χ4v) is 1.95. The second-order valence-electron chi connectivity index (χ2n) is 5.20. The fourth-order valence-electron chi connectivity index (χ4n) is 1.95. The lowest BCUT2D eigenvalue weighted by Gasteiger charge is -2.02. The average Bonchev–Trinajstić information content (AvgIpc) is 2.91. The van der Waals surface area contributed by atoms with Crippen molar-refractivity contribution in [1.29, 1.82) is 0 Å². The van der Waals surface area contributed by atoms with Gasteiger partial charge in [-0.05, 0) is 0 Å². The molecule has 0 atom stereocenters. The van der Waals surface area contributed by atoms with Crippen molar-refractivity contribution in [2.75, 3.05) is 5.32 Å². The Labute approximate surface area is 126 Å². The van der Waals surface area contributed by atoms with Crippen molar-refractivity contribution >= 4 is 17.6 Å². The number of benzene rings is 1. The van der Waals surface area contributed by atoms with Crippen LogP contribution in [0.4, 0.5) is 5.95 Å². The SMILES string of the molecule is CC(C)C(=O)Nc1nc2nc(-c3ccccc3)cc(=O)n2[nH]1. The number of nitrogens with zero attached hydrogens (tertiary/aromatic N) is 3. The van der Waals surface area contributed by atoms with Gasteiger partial charge in [-0.1, -0.05) is 44.2 Å². The van der Waals surface area contributed by atoms with Gasteiger partial charge in [0, 0.05) is 17.5 Å². The summed E-state index contributed by atoms with van der Waals surface area (Å²) in [5.74, 6) is 0.0482. The molecule has 0 aliphatic heterocycles. The summed E-state index contributed by atoms with van der Waals surface area (Å²) in [6, 6.07) is 10.8. The van der Waals surface area contributed by atoms with E-state index in [1.807, 2.05) is 30.3 Å². The van der Waals surface area contributed by atoms with Crippen LogP contribution in [0.2, 0.25) is 0 Å². The maximum atomic E-state index is 12.1. The van der Waals surface area contributed by atoms with Crippen LogP contribution in [-0.4, -0.2) is 25.5 Å². The maximum Gasteiger partial charge on any atom is 0.274 e. The van der Waals surface area contributed by atoms with E-state index in [-0.39, 0.29) is 29.1 Å². The first-order valence-corrected chi connectivity index (χ1v) is 6.90. The Balaban J connectivity index is 2.04. The lowest BCUT2D eigenvalue weighted by atomic mass is 10.1. The molecule has 0 radical (unpaired) electrons. The van der Waals surface area contributed by atoms with Crippen LogP contribution < -0.4 is 10.9 Å². The Morgan fingerprint density at radius 2 is 1.95 bits per heavy atom. The first-order chi connectivity index (χ1) is 10.5. The summed E-state index contributed by atoms with van der Waals surface area (Å²) in [4.78, 5) is 32.3. The molecule has 2 heterocycles. The van der Waals surface area contributed by atoms with Crippen LogP contribution in [0.5, 0.6) is 0 Å². The number of amides is 1. The number of anilines is 1. The molecule has 2 N–H and O–H groups in total. The van der Waals surface area contributed by atoms with Crippen LogP contribution in [0.3, 0.4) is 0 Å². The molecule has 1 amide bonds. The lowest BCUT2D eigenvalue weighted by Crippen LogP contribution is -2.19. The molecule has 1 aromatic carbocycles. The Bertz CT molecular complexity index is 880. The summed E-state index contributed by atoms with van der Waals surface area (Å²) < 4.78 is 1.20. The van der Waals surface area contributed by atoms with E-state index in [1.54, 1.807) is 13.8 Å². The summed E-state index contributed by atoms with van der Waals surface area (Å²) >= 11 is 0. The van der Waals surface area contributed by atoms with E-state index in [9.17, 15) is 9.59 Å². The standard InChI is InChI=1S/C15H15N5O2/c1-9(2)13(22)17-14-18-15-16-11(8-12(21)20(15)19-14)10-6-4-3-5-7-10/h3-9H,1-2H3,(H2,16,17,18,19,22). The molecule has 7 heteroatoms. The van der Waals surface area contributed by atoms with Gasteiger partial charge < -0.3 is 0 Å². The van der Waals surface area contributed by atoms with Crippen LogP contribution in [0, 0.1) is 5.92 Å². The largest absolute Gasteiger partial charge is 0.295 e. The highest BCUT2D eigenvalue weighted by molar-refractivity contribution is 5.90. The van der Waals surface area contributed by atoms with Crippen LogP contribution >= 0.6 is 0 Å². The number of hydrogen-bond acceptors (Lipinski definition) is 4. The molecule has 3 aromatic rings. The van der Waals surface area contributed by atoms with Crippen LogP contribution in [0.15, 0.2) is 41.2 Å².